The molecule has 0 fully saturated rings. The van der Waals surface area contributed by atoms with Crippen LogP contribution < -0.4 is 10.3 Å². The zero-order valence-corrected chi connectivity index (χ0v) is 8.19. The molecular weight excluding hydrogens is 198 g/mol. The third-order valence-electron chi connectivity index (χ3n) is 1.67. The SMILES string of the molecule is CC=CCOc1ccc(C(=O)O)[nH]c1=O. The van der Waals surface area contributed by atoms with Crippen LogP contribution in [0.1, 0.15) is 17.4 Å². The minimum absolute atomic E-state index is 0.109. The molecule has 0 saturated carbocycles. The first-order valence-electron chi connectivity index (χ1n) is 4.35. The molecule has 0 aliphatic heterocycles. The standard InChI is InChI=1S/C10H11NO4/c1-2-3-6-15-8-5-4-7(10(13)14)11-9(8)12/h2-5H,6H2,1H3,(H,11,12)(H,13,14). The van der Waals surface area contributed by atoms with Gasteiger partial charge in [0, 0.05) is 0 Å². The molecule has 15 heavy (non-hydrogen) atoms. The summed E-state index contributed by atoms with van der Waals surface area (Å²) in [5.41, 5.74) is -0.696. The lowest BCUT2D eigenvalue weighted by Crippen LogP contribution is -2.15. The van der Waals surface area contributed by atoms with E-state index < -0.39 is 11.5 Å². The smallest absolute Gasteiger partial charge is 0.352 e. The number of pyridine rings is 1. The number of allylic oxidation sites excluding steroid dienone is 1. The van der Waals surface area contributed by atoms with Gasteiger partial charge < -0.3 is 14.8 Å². The van der Waals surface area contributed by atoms with Gasteiger partial charge in [-0.1, -0.05) is 12.2 Å². The number of carboxylic acid groups (broad SMARTS) is 1. The van der Waals surface area contributed by atoms with Gasteiger partial charge in [-0.15, -0.1) is 0 Å². The van der Waals surface area contributed by atoms with Gasteiger partial charge in [0.15, 0.2) is 5.75 Å². The first kappa shape index (κ1) is 11.0. The molecule has 1 aromatic heterocycles. The molecule has 1 rings (SSSR count). The number of nitrogens with one attached hydrogen (secondary N) is 1. The fourth-order valence-electron chi connectivity index (χ4n) is 0.933. The molecule has 0 radical (unpaired) electrons. The molecule has 5 nitrogen and oxygen atoms in total. The summed E-state index contributed by atoms with van der Waals surface area (Å²) in [7, 11) is 0. The zero-order chi connectivity index (χ0) is 11.3. The highest BCUT2D eigenvalue weighted by atomic mass is 16.5. The summed E-state index contributed by atoms with van der Waals surface area (Å²) in [5.74, 6) is -1.06. The van der Waals surface area contributed by atoms with Crippen molar-refractivity contribution in [2.75, 3.05) is 6.61 Å². The summed E-state index contributed by atoms with van der Waals surface area (Å²) >= 11 is 0. The molecule has 0 saturated heterocycles. The number of rotatable bonds is 4. The lowest BCUT2D eigenvalue weighted by atomic mass is 10.3. The molecule has 5 heteroatoms. The number of ether oxygens (including phenoxy) is 1. The van der Waals surface area contributed by atoms with Crippen LogP contribution in [0.25, 0.3) is 0 Å². The van der Waals surface area contributed by atoms with Gasteiger partial charge in [-0.3, -0.25) is 4.79 Å². The van der Waals surface area contributed by atoms with Crippen molar-refractivity contribution in [2.45, 2.75) is 6.92 Å². The molecule has 1 heterocycles. The normalized spacial score (nSPS) is 10.5. The molecule has 0 spiro atoms. The highest BCUT2D eigenvalue weighted by Crippen LogP contribution is 2.03. The Morgan fingerprint density at radius 1 is 1.60 bits per heavy atom. The largest absolute Gasteiger partial charge is 0.484 e. The van der Waals surface area contributed by atoms with E-state index >= 15 is 0 Å². The van der Waals surface area contributed by atoms with Crippen LogP contribution in [0.3, 0.4) is 0 Å². The summed E-state index contributed by atoms with van der Waals surface area (Å²) in [4.78, 5) is 24.0. The molecule has 1 aromatic rings. The second kappa shape index (κ2) is 4.99. The van der Waals surface area contributed by atoms with Crippen LogP contribution in [0.2, 0.25) is 0 Å². The summed E-state index contributed by atoms with van der Waals surface area (Å²) < 4.78 is 5.09. The molecule has 0 bridgehead atoms. The van der Waals surface area contributed by atoms with E-state index in [1.165, 1.54) is 12.1 Å². The summed E-state index contributed by atoms with van der Waals surface area (Å²) in [6, 6.07) is 2.63. The Morgan fingerprint density at radius 2 is 2.33 bits per heavy atom. The number of aromatic carboxylic acids is 1. The van der Waals surface area contributed by atoms with Crippen molar-refractivity contribution >= 4 is 5.97 Å². The Morgan fingerprint density at radius 3 is 2.87 bits per heavy atom. The molecule has 2 N–H and O–H groups in total. The van der Waals surface area contributed by atoms with Gasteiger partial charge in [0.2, 0.25) is 0 Å². The van der Waals surface area contributed by atoms with Gasteiger partial charge >= 0.3 is 5.97 Å². The lowest BCUT2D eigenvalue weighted by molar-refractivity contribution is 0.0690. The van der Waals surface area contributed by atoms with E-state index in [0.29, 0.717) is 0 Å². The van der Waals surface area contributed by atoms with Crippen molar-refractivity contribution < 1.29 is 14.6 Å². The maximum atomic E-state index is 11.3. The molecule has 0 aliphatic carbocycles. The fourth-order valence-corrected chi connectivity index (χ4v) is 0.933. The van der Waals surface area contributed by atoms with Crippen molar-refractivity contribution in [1.29, 1.82) is 0 Å². The van der Waals surface area contributed by atoms with E-state index in [2.05, 4.69) is 4.98 Å². The van der Waals surface area contributed by atoms with Crippen LogP contribution in [0.5, 0.6) is 5.75 Å². The summed E-state index contributed by atoms with van der Waals surface area (Å²) in [6.07, 6.45) is 3.53. The average Bonchev–Trinajstić information content (AvgIpc) is 2.20. The average molecular weight is 209 g/mol. The highest BCUT2D eigenvalue weighted by molar-refractivity contribution is 5.85. The van der Waals surface area contributed by atoms with Crippen molar-refractivity contribution in [2.24, 2.45) is 0 Å². The molecule has 0 amide bonds. The van der Waals surface area contributed by atoms with Crippen molar-refractivity contribution in [3.05, 3.63) is 40.3 Å². The number of aromatic nitrogens is 1. The van der Waals surface area contributed by atoms with Gasteiger partial charge in [0.05, 0.1) is 0 Å². The number of H-pyrrole nitrogens is 1. The minimum atomic E-state index is -1.17. The maximum absolute atomic E-state index is 11.3. The van der Waals surface area contributed by atoms with E-state index in [4.69, 9.17) is 9.84 Å². The Bertz CT molecular complexity index is 433. The van der Waals surface area contributed by atoms with Gasteiger partial charge in [-0.2, -0.15) is 0 Å². The van der Waals surface area contributed by atoms with E-state index in [9.17, 15) is 9.59 Å². The Hall–Kier alpha value is -2.04. The third kappa shape index (κ3) is 2.98. The predicted octanol–water partition coefficient (Wildman–Crippen LogP) is 1.03. The topological polar surface area (TPSA) is 79.4 Å². The van der Waals surface area contributed by atoms with Crippen molar-refractivity contribution in [1.82, 2.24) is 4.98 Å². The van der Waals surface area contributed by atoms with Gasteiger partial charge in [0.1, 0.15) is 12.3 Å². The van der Waals surface area contributed by atoms with Crippen LogP contribution >= 0.6 is 0 Å². The van der Waals surface area contributed by atoms with Crippen LogP contribution in [0, 0.1) is 0 Å². The minimum Gasteiger partial charge on any atom is -0.484 e. The Labute approximate surface area is 86.0 Å². The van der Waals surface area contributed by atoms with Crippen molar-refractivity contribution in [3.63, 3.8) is 0 Å². The van der Waals surface area contributed by atoms with E-state index in [1.807, 2.05) is 6.92 Å². The van der Waals surface area contributed by atoms with Gasteiger partial charge in [-0.05, 0) is 19.1 Å². The first-order chi connectivity index (χ1) is 7.15. The molecule has 0 aromatic carbocycles. The monoisotopic (exact) mass is 209 g/mol. The van der Waals surface area contributed by atoms with E-state index in [0.717, 1.165) is 0 Å². The number of carbonyl (C=O) groups is 1. The van der Waals surface area contributed by atoms with E-state index in [1.54, 1.807) is 12.2 Å². The fraction of sp³-hybridized carbons (Fsp3) is 0.200. The quantitative estimate of drug-likeness (QED) is 0.726. The molecule has 0 atom stereocenters. The summed E-state index contributed by atoms with van der Waals surface area (Å²) in [6.45, 7) is 2.12. The number of hydrogen-bond donors (Lipinski definition) is 2. The Kier molecular flexibility index (Phi) is 3.68. The van der Waals surface area contributed by atoms with Gasteiger partial charge in [-0.25, -0.2) is 4.79 Å². The first-order valence-corrected chi connectivity index (χ1v) is 4.35. The maximum Gasteiger partial charge on any atom is 0.352 e. The second-order valence-electron chi connectivity index (χ2n) is 2.75. The van der Waals surface area contributed by atoms with Gasteiger partial charge in [0.25, 0.3) is 5.56 Å². The third-order valence-corrected chi connectivity index (χ3v) is 1.67. The Balaban J connectivity index is 2.84. The molecular formula is C10H11NO4. The summed E-state index contributed by atoms with van der Waals surface area (Å²) in [5, 5.41) is 8.59. The lowest BCUT2D eigenvalue weighted by Gasteiger charge is -2.01. The van der Waals surface area contributed by atoms with Crippen molar-refractivity contribution in [3.8, 4) is 5.75 Å². The molecule has 0 aliphatic rings. The number of hydrogen-bond acceptors (Lipinski definition) is 3. The van der Waals surface area contributed by atoms with Crippen LogP contribution in [-0.4, -0.2) is 22.7 Å². The molecule has 80 valence electrons. The second-order valence-corrected chi connectivity index (χ2v) is 2.75. The van der Waals surface area contributed by atoms with E-state index in [-0.39, 0.29) is 18.1 Å². The molecule has 0 unspecified atom stereocenters. The highest BCUT2D eigenvalue weighted by Gasteiger charge is 2.06. The zero-order valence-electron chi connectivity index (χ0n) is 8.19. The number of carboxylic acids is 1. The van der Waals surface area contributed by atoms with Crippen LogP contribution in [0.4, 0.5) is 0 Å². The van der Waals surface area contributed by atoms with Crippen LogP contribution in [0.15, 0.2) is 29.1 Å². The van der Waals surface area contributed by atoms with Crippen LogP contribution in [-0.2, 0) is 0 Å². The predicted molar refractivity (Wildman–Crippen MR) is 54.3 cm³/mol. The number of aromatic amines is 1.